The second kappa shape index (κ2) is 8.40. The molecule has 0 aliphatic carbocycles. The number of esters is 1. The number of carbonyl (C=O) groups excluding carboxylic acids is 3. The molecule has 1 fully saturated rings. The highest BCUT2D eigenvalue weighted by Gasteiger charge is 2.55. The molecule has 0 aromatic carbocycles. The Labute approximate surface area is 180 Å². The lowest BCUT2D eigenvalue weighted by Gasteiger charge is -2.49. The zero-order chi connectivity index (χ0) is 22.2. The Kier molecular flexibility index (Phi) is 6.24. The van der Waals surface area contributed by atoms with Crippen molar-refractivity contribution >= 4 is 56.7 Å². The van der Waals surface area contributed by atoms with Gasteiger partial charge in [0.15, 0.2) is 15.1 Å². The third-order valence-corrected chi connectivity index (χ3v) is 7.89. The number of carbonyl (C=O) groups is 4. The van der Waals surface area contributed by atoms with E-state index in [2.05, 4.69) is 5.32 Å². The Morgan fingerprint density at radius 3 is 2.63 bits per heavy atom. The van der Waals surface area contributed by atoms with Gasteiger partial charge in [-0.05, 0) is 22.4 Å². The molecule has 2 N–H and O–H groups in total. The minimum atomic E-state index is -3.80. The fourth-order valence-electron chi connectivity index (χ4n) is 3.23. The maximum Gasteiger partial charge on any atom is 0.352 e. The summed E-state index contributed by atoms with van der Waals surface area (Å²) in [7, 11) is -3.80. The van der Waals surface area contributed by atoms with E-state index in [9.17, 15) is 32.7 Å². The van der Waals surface area contributed by atoms with Crippen molar-refractivity contribution < 1.29 is 37.4 Å². The molecule has 2 unspecified atom stereocenters. The third-order valence-electron chi connectivity index (χ3n) is 4.51. The van der Waals surface area contributed by atoms with Gasteiger partial charge in [-0.15, -0.1) is 11.8 Å². The summed E-state index contributed by atoms with van der Waals surface area (Å²) in [6.45, 7) is 0.928. The number of ether oxygens (including phenoxy) is 1. The van der Waals surface area contributed by atoms with Crippen molar-refractivity contribution in [1.29, 1.82) is 0 Å². The number of β-lactam (4-membered cyclic amide) rings is 1. The van der Waals surface area contributed by atoms with E-state index in [1.54, 1.807) is 10.8 Å². The van der Waals surface area contributed by atoms with Gasteiger partial charge in [-0.25, -0.2) is 13.2 Å². The largest absolute Gasteiger partial charge is 0.477 e. The topological polar surface area (TPSA) is 147 Å². The standard InChI is InChI=1S/C17H18N2O8S3/c1-8(20)27-5-10-7-29-16-11(15(22)19(16)12(10)17(23)24)18-14(21)13(30(2,25)26)9-3-4-28-6-9/h3-4,6,11,13,16H,5,7H2,1-2H3,(H,18,21)(H,23,24)/t11?,13?,16-/m1/s1. The summed E-state index contributed by atoms with van der Waals surface area (Å²) in [4.78, 5) is 49.1. The van der Waals surface area contributed by atoms with E-state index in [-0.39, 0.29) is 23.6 Å². The number of sulfone groups is 1. The summed E-state index contributed by atoms with van der Waals surface area (Å²) in [6.07, 6.45) is 0.936. The van der Waals surface area contributed by atoms with Gasteiger partial charge in [-0.1, -0.05) is 0 Å². The number of thioether (sulfide) groups is 1. The van der Waals surface area contributed by atoms with Crippen LogP contribution in [0.15, 0.2) is 28.1 Å². The summed E-state index contributed by atoms with van der Waals surface area (Å²) in [5.41, 5.74) is 0.284. The Morgan fingerprint density at radius 2 is 2.10 bits per heavy atom. The highest BCUT2D eigenvalue weighted by atomic mass is 32.2. The minimum Gasteiger partial charge on any atom is -0.477 e. The van der Waals surface area contributed by atoms with Crippen molar-refractivity contribution in [3.05, 3.63) is 33.7 Å². The molecule has 2 aliphatic rings. The van der Waals surface area contributed by atoms with Gasteiger partial charge >= 0.3 is 11.9 Å². The van der Waals surface area contributed by atoms with Crippen LogP contribution in [0.1, 0.15) is 17.7 Å². The van der Waals surface area contributed by atoms with Crippen molar-refractivity contribution in [3.8, 4) is 0 Å². The monoisotopic (exact) mass is 474 g/mol. The van der Waals surface area contributed by atoms with Gasteiger partial charge in [-0.2, -0.15) is 11.3 Å². The molecule has 3 rings (SSSR count). The zero-order valence-electron chi connectivity index (χ0n) is 15.9. The molecule has 10 nitrogen and oxygen atoms in total. The van der Waals surface area contributed by atoms with Crippen molar-refractivity contribution in [2.24, 2.45) is 0 Å². The smallest absolute Gasteiger partial charge is 0.352 e. The Hall–Kier alpha value is -2.38. The van der Waals surface area contributed by atoms with Crippen LogP contribution in [0.2, 0.25) is 0 Å². The number of hydrogen-bond donors (Lipinski definition) is 2. The van der Waals surface area contributed by atoms with E-state index >= 15 is 0 Å². The Morgan fingerprint density at radius 1 is 1.40 bits per heavy atom. The molecule has 3 heterocycles. The second-order valence-corrected chi connectivity index (χ2v) is 10.7. The fourth-order valence-corrected chi connectivity index (χ4v) is 6.43. The van der Waals surface area contributed by atoms with E-state index in [4.69, 9.17) is 4.74 Å². The summed E-state index contributed by atoms with van der Waals surface area (Å²) in [5.74, 6) is -3.28. The maximum atomic E-state index is 12.7. The van der Waals surface area contributed by atoms with Crippen LogP contribution in [0.25, 0.3) is 0 Å². The first-order valence-electron chi connectivity index (χ1n) is 8.57. The van der Waals surface area contributed by atoms with Gasteiger partial charge in [0, 0.05) is 24.5 Å². The highest BCUT2D eigenvalue weighted by Crippen LogP contribution is 2.40. The van der Waals surface area contributed by atoms with E-state index in [1.165, 1.54) is 36.1 Å². The van der Waals surface area contributed by atoms with Crippen LogP contribution in [0, 0.1) is 0 Å². The van der Waals surface area contributed by atoms with Crippen LogP contribution >= 0.6 is 23.1 Å². The lowest BCUT2D eigenvalue weighted by Crippen LogP contribution is -2.71. The number of amides is 2. The number of fused-ring (bicyclic) bond motifs is 1. The lowest BCUT2D eigenvalue weighted by atomic mass is 10.0. The van der Waals surface area contributed by atoms with Gasteiger partial charge in [-0.3, -0.25) is 19.3 Å². The normalized spacial score (nSPS) is 22.1. The van der Waals surface area contributed by atoms with Crippen molar-refractivity contribution in [3.63, 3.8) is 0 Å². The quantitative estimate of drug-likeness (QED) is 0.416. The SMILES string of the molecule is CC(=O)OCC1=C(C(=O)O)N2C(=O)C(NC(=O)C(c3ccsc3)S(C)(=O)=O)[C@H]2SC1. The minimum absolute atomic E-state index is 0.176. The van der Waals surface area contributed by atoms with E-state index in [0.717, 1.165) is 11.2 Å². The molecule has 13 heteroatoms. The molecule has 2 amide bonds. The van der Waals surface area contributed by atoms with Crippen molar-refractivity contribution in [1.82, 2.24) is 10.2 Å². The number of carboxylic acids is 1. The molecule has 0 spiro atoms. The molecule has 30 heavy (non-hydrogen) atoms. The molecular formula is C17H18N2O8S3. The molecule has 162 valence electrons. The van der Waals surface area contributed by atoms with E-state index in [1.807, 2.05) is 0 Å². The van der Waals surface area contributed by atoms with Crippen molar-refractivity contribution in [2.45, 2.75) is 23.6 Å². The van der Waals surface area contributed by atoms with Crippen LogP contribution in [-0.4, -0.2) is 72.2 Å². The van der Waals surface area contributed by atoms with Crippen LogP contribution in [0.4, 0.5) is 0 Å². The molecule has 0 radical (unpaired) electrons. The first-order chi connectivity index (χ1) is 14.0. The number of nitrogens with zero attached hydrogens (tertiary/aromatic N) is 1. The Balaban J connectivity index is 1.80. The van der Waals surface area contributed by atoms with Crippen LogP contribution in [-0.2, 0) is 33.8 Å². The van der Waals surface area contributed by atoms with Gasteiger partial charge < -0.3 is 15.2 Å². The third kappa shape index (κ3) is 4.23. The van der Waals surface area contributed by atoms with E-state index in [0.29, 0.717) is 5.56 Å². The molecule has 0 saturated carbocycles. The second-order valence-electron chi connectivity index (χ2n) is 6.70. The number of carboxylic acid groups (broad SMARTS) is 1. The maximum absolute atomic E-state index is 12.7. The van der Waals surface area contributed by atoms with Gasteiger partial charge in [0.05, 0.1) is 0 Å². The molecule has 2 aliphatic heterocycles. The predicted molar refractivity (Wildman–Crippen MR) is 108 cm³/mol. The van der Waals surface area contributed by atoms with Gasteiger partial charge in [0.25, 0.3) is 5.91 Å². The van der Waals surface area contributed by atoms with Gasteiger partial charge in [0.2, 0.25) is 5.91 Å². The molecule has 1 aromatic rings. The van der Waals surface area contributed by atoms with Crippen molar-refractivity contribution in [2.75, 3.05) is 18.6 Å². The van der Waals surface area contributed by atoms with Crippen LogP contribution in [0.5, 0.6) is 0 Å². The average Bonchev–Trinajstić information content (AvgIpc) is 3.16. The summed E-state index contributed by atoms with van der Waals surface area (Å²) >= 11 is 2.43. The molecule has 1 aromatic heterocycles. The average molecular weight is 475 g/mol. The molecule has 3 atom stereocenters. The van der Waals surface area contributed by atoms with Gasteiger partial charge in [0.1, 0.15) is 23.7 Å². The molecule has 0 bridgehead atoms. The fraction of sp³-hybridized carbons (Fsp3) is 0.412. The summed E-state index contributed by atoms with van der Waals surface area (Å²) in [6, 6.07) is 0.460. The number of nitrogens with one attached hydrogen (secondary N) is 1. The highest BCUT2D eigenvalue weighted by molar-refractivity contribution is 8.00. The number of hydrogen-bond acceptors (Lipinski definition) is 9. The number of thiophene rings is 1. The molecular weight excluding hydrogens is 456 g/mol. The lowest BCUT2D eigenvalue weighted by molar-refractivity contribution is -0.151. The summed E-state index contributed by atoms with van der Waals surface area (Å²) in [5, 5.41) is 13.0. The van der Waals surface area contributed by atoms with E-state index < -0.39 is 50.3 Å². The number of aliphatic carboxylic acids is 1. The zero-order valence-corrected chi connectivity index (χ0v) is 18.3. The van der Waals surface area contributed by atoms with Crippen LogP contribution in [0.3, 0.4) is 0 Å². The van der Waals surface area contributed by atoms with Crippen LogP contribution < -0.4 is 5.32 Å². The predicted octanol–water partition coefficient (Wildman–Crippen LogP) is 0.136. The molecule has 1 saturated heterocycles. The number of rotatable bonds is 7. The first kappa shape index (κ1) is 22.3. The first-order valence-corrected chi connectivity index (χ1v) is 12.5. The Bertz CT molecular complexity index is 1030. The summed E-state index contributed by atoms with van der Waals surface area (Å²) < 4.78 is 29.2.